The zero-order chi connectivity index (χ0) is 16.2. The van der Waals surface area contributed by atoms with Crippen LogP contribution in [0.4, 0.5) is 5.82 Å². The van der Waals surface area contributed by atoms with Crippen LogP contribution in [-0.2, 0) is 22.7 Å². The van der Waals surface area contributed by atoms with Crippen LogP contribution in [-0.4, -0.2) is 28.1 Å². The first kappa shape index (κ1) is 15.7. The number of carbonyl (C=O) groups excluding carboxylic acids is 2. The molecule has 0 unspecified atom stereocenters. The van der Waals surface area contributed by atoms with E-state index < -0.39 is 0 Å². The molecule has 0 radical (unpaired) electrons. The molecule has 0 saturated heterocycles. The van der Waals surface area contributed by atoms with E-state index in [9.17, 15) is 9.59 Å². The van der Waals surface area contributed by atoms with E-state index in [2.05, 4.69) is 10.4 Å². The van der Waals surface area contributed by atoms with Crippen molar-refractivity contribution >= 4 is 29.0 Å². The van der Waals surface area contributed by atoms with Gasteiger partial charge in [-0.15, -0.1) is 11.3 Å². The third-order valence-electron chi connectivity index (χ3n) is 3.82. The molecule has 0 atom stereocenters. The van der Waals surface area contributed by atoms with Gasteiger partial charge in [-0.2, -0.15) is 5.10 Å². The Hall–Kier alpha value is -2.15. The van der Waals surface area contributed by atoms with E-state index in [1.165, 1.54) is 0 Å². The lowest BCUT2D eigenvalue weighted by molar-refractivity contribution is -0.122. The second kappa shape index (κ2) is 6.95. The molecule has 1 aliphatic heterocycles. The van der Waals surface area contributed by atoms with Crippen LogP contribution in [0.3, 0.4) is 0 Å². The fourth-order valence-corrected chi connectivity index (χ4v) is 3.35. The van der Waals surface area contributed by atoms with Crippen LogP contribution in [0.5, 0.6) is 0 Å². The van der Waals surface area contributed by atoms with Crippen molar-refractivity contribution in [2.75, 3.05) is 11.4 Å². The Morgan fingerprint density at radius 3 is 3.13 bits per heavy atom. The van der Waals surface area contributed by atoms with Crippen molar-refractivity contribution in [2.24, 2.45) is 0 Å². The molecular formula is C16H20N4O2S. The molecule has 3 rings (SSSR count). The molecule has 122 valence electrons. The summed E-state index contributed by atoms with van der Waals surface area (Å²) < 4.78 is 1.87. The van der Waals surface area contributed by atoms with Gasteiger partial charge < -0.3 is 5.32 Å². The molecule has 23 heavy (non-hydrogen) atoms. The quantitative estimate of drug-likeness (QED) is 0.881. The minimum atomic E-state index is 0.0209. The molecule has 0 saturated carbocycles. The van der Waals surface area contributed by atoms with Crippen molar-refractivity contribution in [3.8, 4) is 0 Å². The Labute approximate surface area is 139 Å². The van der Waals surface area contributed by atoms with Crippen molar-refractivity contribution in [1.29, 1.82) is 0 Å². The Morgan fingerprint density at radius 1 is 1.48 bits per heavy atom. The number of nitrogens with zero attached hydrogens (tertiary/aromatic N) is 3. The lowest BCUT2D eigenvalue weighted by Crippen LogP contribution is -2.38. The van der Waals surface area contributed by atoms with E-state index in [4.69, 9.17) is 0 Å². The molecule has 1 aliphatic rings. The SMILES string of the molecule is Cc1cc2n(n1)CCC(=O)N2CCCC(=O)NCc1cccs1. The number of rotatable bonds is 6. The van der Waals surface area contributed by atoms with E-state index >= 15 is 0 Å². The number of anilines is 1. The van der Waals surface area contributed by atoms with E-state index in [1.54, 1.807) is 16.2 Å². The van der Waals surface area contributed by atoms with Crippen LogP contribution in [0.1, 0.15) is 29.8 Å². The fourth-order valence-electron chi connectivity index (χ4n) is 2.70. The summed E-state index contributed by atoms with van der Waals surface area (Å²) in [7, 11) is 0. The van der Waals surface area contributed by atoms with Gasteiger partial charge in [-0.25, -0.2) is 4.68 Å². The van der Waals surface area contributed by atoms with Crippen LogP contribution in [0.2, 0.25) is 0 Å². The molecule has 2 amide bonds. The van der Waals surface area contributed by atoms with Crippen LogP contribution in [0, 0.1) is 6.92 Å². The third-order valence-corrected chi connectivity index (χ3v) is 4.70. The lowest BCUT2D eigenvalue weighted by atomic mass is 10.2. The smallest absolute Gasteiger partial charge is 0.229 e. The van der Waals surface area contributed by atoms with Gasteiger partial charge >= 0.3 is 0 Å². The Balaban J connectivity index is 1.48. The Kier molecular flexibility index (Phi) is 4.76. The number of aryl methyl sites for hydroxylation is 2. The summed E-state index contributed by atoms with van der Waals surface area (Å²) in [5, 5.41) is 9.28. The highest BCUT2D eigenvalue weighted by atomic mass is 32.1. The van der Waals surface area contributed by atoms with Gasteiger partial charge in [0.05, 0.1) is 18.8 Å². The molecule has 0 fully saturated rings. The predicted molar refractivity (Wildman–Crippen MR) is 89.3 cm³/mol. The number of amides is 2. The third kappa shape index (κ3) is 3.79. The molecule has 2 aromatic rings. The van der Waals surface area contributed by atoms with Crippen LogP contribution in [0.25, 0.3) is 0 Å². The van der Waals surface area contributed by atoms with Crippen molar-refractivity contribution in [1.82, 2.24) is 15.1 Å². The number of hydrogen-bond donors (Lipinski definition) is 1. The molecule has 0 aromatic carbocycles. The second-order valence-electron chi connectivity index (χ2n) is 5.62. The van der Waals surface area contributed by atoms with E-state index in [0.29, 0.717) is 38.9 Å². The number of thiophene rings is 1. The van der Waals surface area contributed by atoms with Crippen molar-refractivity contribution in [3.05, 3.63) is 34.2 Å². The second-order valence-corrected chi connectivity index (χ2v) is 6.65. The average Bonchev–Trinajstić information content (AvgIpc) is 3.16. The largest absolute Gasteiger partial charge is 0.351 e. The molecular weight excluding hydrogens is 312 g/mol. The van der Waals surface area contributed by atoms with E-state index in [1.807, 2.05) is 35.2 Å². The van der Waals surface area contributed by atoms with E-state index in [-0.39, 0.29) is 11.8 Å². The first-order valence-electron chi connectivity index (χ1n) is 7.77. The van der Waals surface area contributed by atoms with Gasteiger partial charge in [0.25, 0.3) is 0 Å². The van der Waals surface area contributed by atoms with Gasteiger partial charge in [0.1, 0.15) is 5.82 Å². The highest BCUT2D eigenvalue weighted by Crippen LogP contribution is 2.22. The molecule has 7 heteroatoms. The van der Waals surface area contributed by atoms with E-state index in [0.717, 1.165) is 16.4 Å². The number of hydrogen-bond acceptors (Lipinski definition) is 4. The summed E-state index contributed by atoms with van der Waals surface area (Å²) in [6.45, 7) is 3.69. The van der Waals surface area contributed by atoms with Crippen molar-refractivity contribution < 1.29 is 9.59 Å². The van der Waals surface area contributed by atoms with Gasteiger partial charge in [0.15, 0.2) is 0 Å². The van der Waals surface area contributed by atoms with Gasteiger partial charge in [-0.05, 0) is 24.8 Å². The average molecular weight is 332 g/mol. The lowest BCUT2D eigenvalue weighted by Gasteiger charge is -2.27. The minimum Gasteiger partial charge on any atom is -0.351 e. The molecule has 3 heterocycles. The summed E-state index contributed by atoms with van der Waals surface area (Å²) >= 11 is 1.63. The molecule has 2 aromatic heterocycles. The zero-order valence-corrected chi connectivity index (χ0v) is 13.9. The summed E-state index contributed by atoms with van der Waals surface area (Å²) in [6, 6.07) is 5.90. The summed E-state index contributed by atoms with van der Waals surface area (Å²) in [5.74, 6) is 0.974. The van der Waals surface area contributed by atoms with Crippen molar-refractivity contribution in [3.63, 3.8) is 0 Å². The predicted octanol–water partition coefficient (Wildman–Crippen LogP) is 2.09. The normalized spacial score (nSPS) is 14.0. The minimum absolute atomic E-state index is 0.0209. The first-order valence-corrected chi connectivity index (χ1v) is 8.65. The maximum absolute atomic E-state index is 12.1. The summed E-state index contributed by atoms with van der Waals surface area (Å²) in [4.78, 5) is 26.9. The fraction of sp³-hybridized carbons (Fsp3) is 0.438. The van der Waals surface area contributed by atoms with Crippen molar-refractivity contribution in [2.45, 2.75) is 39.3 Å². The summed E-state index contributed by atoms with van der Waals surface area (Å²) in [6.07, 6.45) is 1.53. The number of aromatic nitrogens is 2. The highest BCUT2D eigenvalue weighted by Gasteiger charge is 2.25. The molecule has 0 bridgehead atoms. The number of nitrogens with one attached hydrogen (secondary N) is 1. The Bertz CT molecular complexity index is 693. The molecule has 0 spiro atoms. The topological polar surface area (TPSA) is 67.2 Å². The standard InChI is InChI=1S/C16H20N4O2S/c1-12-10-15-19(16(22)6-8-20(15)18-12)7-2-5-14(21)17-11-13-4-3-9-23-13/h3-4,9-10H,2,5-8,11H2,1H3,(H,17,21). The van der Waals surface area contributed by atoms with Gasteiger partial charge in [-0.3, -0.25) is 14.5 Å². The molecule has 0 aliphatic carbocycles. The maximum Gasteiger partial charge on any atom is 0.229 e. The van der Waals surface area contributed by atoms with Gasteiger partial charge in [0.2, 0.25) is 11.8 Å². The van der Waals surface area contributed by atoms with Crippen LogP contribution in [0.15, 0.2) is 23.6 Å². The van der Waals surface area contributed by atoms with Crippen LogP contribution < -0.4 is 10.2 Å². The monoisotopic (exact) mass is 332 g/mol. The molecule has 1 N–H and O–H groups in total. The first-order chi connectivity index (χ1) is 11.1. The number of fused-ring (bicyclic) bond motifs is 1. The summed E-state index contributed by atoms with van der Waals surface area (Å²) in [5.41, 5.74) is 0.911. The van der Waals surface area contributed by atoms with Crippen LogP contribution >= 0.6 is 11.3 Å². The molecule has 6 nitrogen and oxygen atoms in total. The van der Waals surface area contributed by atoms with Gasteiger partial charge in [-0.1, -0.05) is 6.07 Å². The van der Waals surface area contributed by atoms with Gasteiger partial charge in [0, 0.05) is 30.3 Å². The highest BCUT2D eigenvalue weighted by molar-refractivity contribution is 7.09. The maximum atomic E-state index is 12.1. The Morgan fingerprint density at radius 2 is 2.35 bits per heavy atom. The zero-order valence-electron chi connectivity index (χ0n) is 13.1. The number of carbonyl (C=O) groups is 2.